The van der Waals surface area contributed by atoms with E-state index in [0.717, 1.165) is 5.92 Å². The largest absolute Gasteiger partial charge is 0.345 e. The quantitative estimate of drug-likeness (QED) is 0.163. The number of hydrogen-bond acceptors (Lipinski definition) is 2. The number of rotatable bonds is 4. The Morgan fingerprint density at radius 1 is 0.560 bits per heavy atom. The summed E-state index contributed by atoms with van der Waals surface area (Å²) in [5, 5.41) is 1.33. The second-order valence-electron chi connectivity index (χ2n) is 27.3. The van der Waals surface area contributed by atoms with E-state index in [1.54, 1.807) is 11.1 Å². The molecule has 3 unspecified atom stereocenters. The predicted octanol–water partition coefficient (Wildman–Crippen LogP) is 17.5. The molecule has 3 saturated carbocycles. The number of nitrogens with zero attached hydrogens (tertiary/aromatic N) is 3. The van der Waals surface area contributed by atoms with Gasteiger partial charge in [0.05, 0.1) is 16.9 Å². The molecule has 0 amide bonds. The second-order valence-corrected chi connectivity index (χ2v) is 27.3. The van der Waals surface area contributed by atoms with Crippen LogP contribution in [-0.2, 0) is 21.8 Å². The second kappa shape index (κ2) is 16.4. The van der Waals surface area contributed by atoms with Crippen molar-refractivity contribution in [2.24, 2.45) is 11.8 Å². The zero-order valence-corrected chi connectivity index (χ0v) is 46.7. The summed E-state index contributed by atoms with van der Waals surface area (Å²) in [6, 6.07) is 54.2. The van der Waals surface area contributed by atoms with Gasteiger partial charge in [-0.05, 0) is 210 Å². The van der Waals surface area contributed by atoms with E-state index >= 15 is 0 Å². The van der Waals surface area contributed by atoms with Gasteiger partial charge in [0, 0.05) is 50.2 Å². The first-order valence-electron chi connectivity index (χ1n) is 28.9. The van der Waals surface area contributed by atoms with E-state index in [4.69, 9.17) is 0 Å². The number of benzene rings is 7. The molecule has 4 heteroatoms. The van der Waals surface area contributed by atoms with Gasteiger partial charge in [-0.3, -0.25) is 0 Å². The first-order valence-corrected chi connectivity index (χ1v) is 28.9. The lowest BCUT2D eigenvalue weighted by molar-refractivity contribution is 0.327. The standard InChI is InChI=1S/C71H76BN3/c1-43-19-17-20-44(2)63(43)48-38-61-65-62(39-48)74(59-26-18-25-56-64(59)53-23-15-16-24-55(53)71(56)42-45-27-30-51(71)37-45)60-41-50(69(6,7)8)31-35-57(60)72(65)67-66(73(61)52-33-28-47(29-34-52)46-21-13-12-14-22-46)54-40-49(68(3,4)5)32-36-58(54)75(67)70(9,10)11/h15-20,23-26,28-29,31-36,38-41,45-46,51H,12-14,21-22,27,30,37,42H2,1-11H3. The molecule has 3 atom stereocenters. The smallest absolute Gasteiger partial charge is 0.272 e. The highest BCUT2D eigenvalue weighted by Gasteiger charge is 2.58. The van der Waals surface area contributed by atoms with Crippen LogP contribution in [0.2, 0.25) is 0 Å². The number of aryl methyl sites for hydroxylation is 2. The van der Waals surface area contributed by atoms with Crippen LogP contribution in [0.4, 0.5) is 34.1 Å². The molecule has 75 heavy (non-hydrogen) atoms. The Kier molecular flexibility index (Phi) is 10.3. The van der Waals surface area contributed by atoms with Gasteiger partial charge in [-0.2, -0.15) is 0 Å². The minimum atomic E-state index is -0.233. The summed E-state index contributed by atoms with van der Waals surface area (Å²) in [6.07, 6.45) is 11.9. The molecule has 2 aliphatic heterocycles. The van der Waals surface area contributed by atoms with Gasteiger partial charge in [-0.15, -0.1) is 0 Å². The Hall–Kier alpha value is -6.26. The van der Waals surface area contributed by atoms with Crippen molar-refractivity contribution in [3.8, 4) is 22.3 Å². The molecule has 14 rings (SSSR count). The lowest BCUT2D eigenvalue weighted by Crippen LogP contribution is -2.64. The van der Waals surface area contributed by atoms with Gasteiger partial charge in [0.1, 0.15) is 0 Å². The van der Waals surface area contributed by atoms with Crippen LogP contribution in [0.15, 0.2) is 133 Å². The molecule has 3 fully saturated rings. The van der Waals surface area contributed by atoms with Crippen LogP contribution in [0.1, 0.15) is 165 Å². The summed E-state index contributed by atoms with van der Waals surface area (Å²) in [4.78, 5) is 5.53. The molecular formula is C71H76BN3. The van der Waals surface area contributed by atoms with Crippen molar-refractivity contribution >= 4 is 68.3 Å². The maximum Gasteiger partial charge on any atom is 0.272 e. The number of anilines is 6. The Morgan fingerprint density at radius 2 is 1.23 bits per heavy atom. The molecule has 0 radical (unpaired) electrons. The fourth-order valence-electron chi connectivity index (χ4n) is 16.3. The van der Waals surface area contributed by atoms with Gasteiger partial charge in [0.2, 0.25) is 0 Å². The molecule has 8 aromatic rings. The van der Waals surface area contributed by atoms with Gasteiger partial charge in [-0.1, -0.05) is 152 Å². The minimum Gasteiger partial charge on any atom is -0.345 e. The van der Waals surface area contributed by atoms with Crippen LogP contribution in [-0.4, -0.2) is 11.3 Å². The van der Waals surface area contributed by atoms with Crippen LogP contribution < -0.4 is 26.3 Å². The summed E-state index contributed by atoms with van der Waals surface area (Å²) < 4.78 is 2.76. The monoisotopic (exact) mass is 982 g/mol. The highest BCUT2D eigenvalue weighted by Crippen LogP contribution is 2.67. The normalized spacial score (nSPS) is 20.7. The average molecular weight is 982 g/mol. The van der Waals surface area contributed by atoms with E-state index in [9.17, 15) is 0 Å². The zero-order valence-electron chi connectivity index (χ0n) is 46.7. The van der Waals surface area contributed by atoms with Crippen molar-refractivity contribution in [3.05, 3.63) is 172 Å². The minimum absolute atomic E-state index is 0.0286. The van der Waals surface area contributed by atoms with E-state index in [1.165, 1.54) is 169 Å². The average Bonchev–Trinajstić information content (AvgIpc) is 4.16. The molecule has 2 bridgehead atoms. The Labute approximate surface area is 448 Å². The Balaban J connectivity index is 1.14. The van der Waals surface area contributed by atoms with Crippen LogP contribution in [0.5, 0.6) is 0 Å². The highest BCUT2D eigenvalue weighted by molar-refractivity contribution is 7.00. The number of hydrogen-bond donors (Lipinski definition) is 0. The zero-order chi connectivity index (χ0) is 51.7. The lowest BCUT2D eigenvalue weighted by atomic mass is 9.34. The molecule has 0 N–H and O–H groups in total. The SMILES string of the molecule is Cc1cccc(C)c1-c1cc2c3c(c1)N(c1ccc(C4CCCCC4)cc1)c1c(n(C(C)(C)C)c4ccc(C(C)(C)C)cc14)B3c1ccc(C(C)(C)C)cc1N2c1cccc2c1-c1ccccc1C21CC2CCC1C2. The molecule has 0 saturated heterocycles. The van der Waals surface area contributed by atoms with Gasteiger partial charge >= 0.3 is 0 Å². The van der Waals surface area contributed by atoms with Crippen molar-refractivity contribution in [2.75, 3.05) is 9.80 Å². The van der Waals surface area contributed by atoms with Gasteiger partial charge in [0.25, 0.3) is 6.71 Å². The topological polar surface area (TPSA) is 11.4 Å². The third-order valence-electron chi connectivity index (χ3n) is 19.7. The van der Waals surface area contributed by atoms with Gasteiger partial charge in [-0.25, -0.2) is 0 Å². The van der Waals surface area contributed by atoms with Crippen LogP contribution in [0.3, 0.4) is 0 Å². The van der Waals surface area contributed by atoms with E-state index in [1.807, 2.05) is 0 Å². The van der Waals surface area contributed by atoms with Crippen LogP contribution >= 0.6 is 0 Å². The molecule has 1 aromatic heterocycles. The maximum absolute atomic E-state index is 2.79. The number of aromatic nitrogens is 1. The summed E-state index contributed by atoms with van der Waals surface area (Å²) in [5.41, 5.74) is 28.4. The third kappa shape index (κ3) is 6.85. The van der Waals surface area contributed by atoms with Crippen molar-refractivity contribution in [1.82, 2.24) is 4.57 Å². The molecule has 7 aromatic carbocycles. The van der Waals surface area contributed by atoms with E-state index in [2.05, 4.69) is 224 Å². The van der Waals surface area contributed by atoms with Crippen molar-refractivity contribution in [2.45, 2.75) is 162 Å². The maximum atomic E-state index is 2.79. The molecular weight excluding hydrogens is 906 g/mol. The summed E-state index contributed by atoms with van der Waals surface area (Å²) in [5.74, 6) is 2.11. The molecule has 1 spiro atoms. The van der Waals surface area contributed by atoms with E-state index < -0.39 is 0 Å². The first-order chi connectivity index (χ1) is 35.9. The third-order valence-corrected chi connectivity index (χ3v) is 19.7. The molecule has 4 aliphatic carbocycles. The van der Waals surface area contributed by atoms with Gasteiger partial charge < -0.3 is 14.4 Å². The highest BCUT2D eigenvalue weighted by atomic mass is 15.2. The lowest BCUT2D eigenvalue weighted by Gasteiger charge is -2.45. The fourth-order valence-corrected chi connectivity index (χ4v) is 16.3. The summed E-state index contributed by atoms with van der Waals surface area (Å²) in [6.45, 7) is 26.2. The van der Waals surface area contributed by atoms with Crippen LogP contribution in [0.25, 0.3) is 33.2 Å². The molecule has 3 nitrogen and oxygen atoms in total. The Morgan fingerprint density at radius 3 is 1.91 bits per heavy atom. The summed E-state index contributed by atoms with van der Waals surface area (Å²) >= 11 is 0. The molecule has 378 valence electrons. The van der Waals surface area contributed by atoms with E-state index in [0.29, 0.717) is 11.8 Å². The van der Waals surface area contributed by atoms with Crippen molar-refractivity contribution < 1.29 is 0 Å². The summed E-state index contributed by atoms with van der Waals surface area (Å²) in [7, 11) is 0. The van der Waals surface area contributed by atoms with E-state index in [-0.39, 0.29) is 28.5 Å². The Bertz CT molecular complexity index is 3640. The van der Waals surface area contributed by atoms with Crippen molar-refractivity contribution in [3.63, 3.8) is 0 Å². The first kappa shape index (κ1) is 47.2. The predicted molar refractivity (Wildman–Crippen MR) is 321 cm³/mol. The molecule has 6 aliphatic rings. The van der Waals surface area contributed by atoms with Gasteiger partial charge in [0.15, 0.2) is 0 Å². The number of fused-ring (bicyclic) bond motifs is 14. The fraction of sp³-hybridized carbons (Fsp3) is 0.380. The molecule has 3 heterocycles. The van der Waals surface area contributed by atoms with Crippen molar-refractivity contribution in [1.29, 1.82) is 0 Å². The van der Waals surface area contributed by atoms with Crippen LogP contribution in [0, 0.1) is 25.7 Å².